The van der Waals surface area contributed by atoms with Gasteiger partial charge in [0, 0.05) is 18.3 Å². The third-order valence-corrected chi connectivity index (χ3v) is 3.81. The van der Waals surface area contributed by atoms with Gasteiger partial charge in [-0.2, -0.15) is 0 Å². The molecule has 0 unspecified atom stereocenters. The van der Waals surface area contributed by atoms with Gasteiger partial charge in [0.1, 0.15) is 17.2 Å². The zero-order valence-corrected chi connectivity index (χ0v) is 11.3. The molecule has 1 aromatic carbocycles. The van der Waals surface area contributed by atoms with E-state index in [0.717, 1.165) is 5.56 Å². The molecule has 0 amide bonds. The van der Waals surface area contributed by atoms with E-state index >= 15 is 0 Å². The first kappa shape index (κ1) is 13.6. The molecule has 2 rings (SSSR count). The average Bonchev–Trinajstić information content (AvgIpc) is 2.73. The minimum Gasteiger partial charge on any atom is -0.398 e. The Hall–Kier alpha value is -1.86. The number of anilines is 1. The topological polar surface area (TPSA) is 98.2 Å². The van der Waals surface area contributed by atoms with Gasteiger partial charge in [-0.15, -0.1) is 0 Å². The van der Waals surface area contributed by atoms with Crippen LogP contribution in [0.5, 0.6) is 0 Å². The van der Waals surface area contributed by atoms with E-state index in [-0.39, 0.29) is 12.3 Å². The maximum Gasteiger partial charge on any atom is 0.217 e. The first-order valence-electron chi connectivity index (χ1n) is 5.69. The lowest BCUT2D eigenvalue weighted by Gasteiger charge is -2.07. The Morgan fingerprint density at radius 2 is 2.11 bits per heavy atom. The van der Waals surface area contributed by atoms with Crippen LogP contribution in [0.15, 0.2) is 34.9 Å². The highest BCUT2D eigenvalue weighted by molar-refractivity contribution is 7.88. The van der Waals surface area contributed by atoms with Crippen LogP contribution in [0.25, 0.3) is 0 Å². The second kappa shape index (κ2) is 5.41. The first-order chi connectivity index (χ1) is 8.96. The number of hydrogen-bond acceptors (Lipinski definition) is 5. The zero-order chi connectivity index (χ0) is 13.9. The lowest BCUT2D eigenvalue weighted by Crippen LogP contribution is -2.25. The van der Waals surface area contributed by atoms with Gasteiger partial charge in [0.05, 0.1) is 0 Å². The summed E-state index contributed by atoms with van der Waals surface area (Å²) in [5.41, 5.74) is 7.42. The molecule has 0 fully saturated rings. The molecule has 0 spiro atoms. The minimum atomic E-state index is -3.46. The molecule has 0 aliphatic heterocycles. The average molecular weight is 281 g/mol. The molecule has 0 saturated heterocycles. The van der Waals surface area contributed by atoms with Gasteiger partial charge in [-0.3, -0.25) is 0 Å². The Bertz CT molecular complexity index is 664. The summed E-state index contributed by atoms with van der Waals surface area (Å²) >= 11 is 0. The highest BCUT2D eigenvalue weighted by Gasteiger charge is 2.14. The van der Waals surface area contributed by atoms with Crippen molar-refractivity contribution in [1.82, 2.24) is 9.88 Å². The molecule has 0 radical (unpaired) electrons. The SMILES string of the molecule is Cc1cc(CS(=O)(=O)NCc2ccccc2N)no1. The molecular formula is C12H15N3O3S. The largest absolute Gasteiger partial charge is 0.398 e. The minimum absolute atomic E-state index is 0.159. The summed E-state index contributed by atoms with van der Waals surface area (Å²) in [6.07, 6.45) is 0. The Morgan fingerprint density at radius 3 is 2.74 bits per heavy atom. The van der Waals surface area contributed by atoms with Gasteiger partial charge >= 0.3 is 0 Å². The molecule has 3 N–H and O–H groups in total. The summed E-state index contributed by atoms with van der Waals surface area (Å²) in [5.74, 6) is 0.370. The van der Waals surface area contributed by atoms with Crippen LogP contribution < -0.4 is 10.5 Å². The molecular weight excluding hydrogens is 266 g/mol. The van der Waals surface area contributed by atoms with Crippen molar-refractivity contribution in [2.45, 2.75) is 19.2 Å². The molecule has 2 aromatic rings. The predicted molar refractivity (Wildman–Crippen MR) is 71.6 cm³/mol. The van der Waals surface area contributed by atoms with Crippen molar-refractivity contribution in [3.05, 3.63) is 47.3 Å². The summed E-state index contributed by atoms with van der Waals surface area (Å²) in [6, 6.07) is 8.70. The zero-order valence-electron chi connectivity index (χ0n) is 10.5. The Kier molecular flexibility index (Phi) is 3.87. The monoisotopic (exact) mass is 281 g/mol. The summed E-state index contributed by atoms with van der Waals surface area (Å²) in [6.45, 7) is 1.87. The smallest absolute Gasteiger partial charge is 0.217 e. The molecule has 0 atom stereocenters. The van der Waals surface area contributed by atoms with Crippen molar-refractivity contribution in [3.63, 3.8) is 0 Å². The maximum absolute atomic E-state index is 11.9. The fraction of sp³-hybridized carbons (Fsp3) is 0.250. The molecule has 0 aliphatic carbocycles. The van der Waals surface area contributed by atoms with Crippen LogP contribution in [-0.2, 0) is 22.3 Å². The highest BCUT2D eigenvalue weighted by atomic mass is 32.2. The molecule has 6 nitrogen and oxygen atoms in total. The van der Waals surface area contributed by atoms with E-state index in [0.29, 0.717) is 17.1 Å². The quantitative estimate of drug-likeness (QED) is 0.802. The number of nitrogens with one attached hydrogen (secondary N) is 1. The molecule has 19 heavy (non-hydrogen) atoms. The maximum atomic E-state index is 11.9. The van der Waals surface area contributed by atoms with E-state index in [1.807, 2.05) is 0 Å². The summed E-state index contributed by atoms with van der Waals surface area (Å²) in [4.78, 5) is 0. The molecule has 1 aromatic heterocycles. The van der Waals surface area contributed by atoms with E-state index < -0.39 is 10.0 Å². The van der Waals surface area contributed by atoms with Gasteiger partial charge in [0.15, 0.2) is 0 Å². The van der Waals surface area contributed by atoms with Crippen molar-refractivity contribution >= 4 is 15.7 Å². The second-order valence-corrected chi connectivity index (χ2v) is 6.01. The van der Waals surface area contributed by atoms with Crippen LogP contribution in [0, 0.1) is 6.92 Å². The normalized spacial score (nSPS) is 11.6. The number of rotatable bonds is 5. The standard InChI is InChI=1S/C12H15N3O3S/c1-9-6-11(15-18-9)8-19(16,17)14-7-10-4-2-3-5-12(10)13/h2-6,14H,7-8,13H2,1H3. The van der Waals surface area contributed by atoms with Crippen molar-refractivity contribution in [2.75, 3.05) is 5.73 Å². The number of benzene rings is 1. The Balaban J connectivity index is 2.00. The molecule has 1 heterocycles. The predicted octanol–water partition coefficient (Wildman–Crippen LogP) is 1.18. The lowest BCUT2D eigenvalue weighted by atomic mass is 10.2. The first-order valence-corrected chi connectivity index (χ1v) is 7.34. The van der Waals surface area contributed by atoms with Gasteiger partial charge in [0.25, 0.3) is 0 Å². The number of hydrogen-bond donors (Lipinski definition) is 2. The van der Waals surface area contributed by atoms with Crippen LogP contribution in [-0.4, -0.2) is 13.6 Å². The van der Waals surface area contributed by atoms with E-state index in [1.165, 1.54) is 0 Å². The third kappa shape index (κ3) is 3.80. The third-order valence-electron chi connectivity index (χ3n) is 2.55. The molecule has 102 valence electrons. The number of nitrogens with zero attached hydrogens (tertiary/aromatic N) is 1. The summed E-state index contributed by atoms with van der Waals surface area (Å²) < 4.78 is 31.0. The molecule has 0 saturated carbocycles. The van der Waals surface area contributed by atoms with Crippen molar-refractivity contribution in [2.24, 2.45) is 0 Å². The highest BCUT2D eigenvalue weighted by Crippen LogP contribution is 2.11. The summed E-state index contributed by atoms with van der Waals surface area (Å²) in [7, 11) is -3.46. The Labute approximate surface area is 111 Å². The van der Waals surface area contributed by atoms with Crippen molar-refractivity contribution < 1.29 is 12.9 Å². The molecule has 0 bridgehead atoms. The van der Waals surface area contributed by atoms with Crippen LogP contribution in [0.4, 0.5) is 5.69 Å². The van der Waals surface area contributed by atoms with E-state index in [4.69, 9.17) is 10.3 Å². The van der Waals surface area contributed by atoms with Crippen LogP contribution >= 0.6 is 0 Å². The molecule has 0 aliphatic rings. The van der Waals surface area contributed by atoms with Gasteiger partial charge in [0.2, 0.25) is 10.0 Å². The number of aromatic nitrogens is 1. The van der Waals surface area contributed by atoms with Gasteiger partial charge < -0.3 is 10.3 Å². The van der Waals surface area contributed by atoms with Gasteiger partial charge in [-0.1, -0.05) is 23.4 Å². The number of para-hydroxylation sites is 1. The number of sulfonamides is 1. The fourth-order valence-corrected chi connectivity index (χ4v) is 2.62. The van der Waals surface area contributed by atoms with Crippen LogP contribution in [0.1, 0.15) is 17.0 Å². The van der Waals surface area contributed by atoms with E-state index in [9.17, 15) is 8.42 Å². The fourth-order valence-electron chi connectivity index (χ4n) is 1.61. The van der Waals surface area contributed by atoms with Gasteiger partial charge in [-0.25, -0.2) is 13.1 Å². The van der Waals surface area contributed by atoms with Crippen LogP contribution in [0.2, 0.25) is 0 Å². The van der Waals surface area contributed by atoms with Gasteiger partial charge in [-0.05, 0) is 18.6 Å². The summed E-state index contributed by atoms with van der Waals surface area (Å²) in [5, 5.41) is 3.65. The molecule has 7 heteroatoms. The van der Waals surface area contributed by atoms with E-state index in [1.54, 1.807) is 37.3 Å². The number of aryl methyl sites for hydroxylation is 1. The van der Waals surface area contributed by atoms with Crippen LogP contribution in [0.3, 0.4) is 0 Å². The number of nitrogens with two attached hydrogens (primary N) is 1. The lowest BCUT2D eigenvalue weighted by molar-refractivity contribution is 0.392. The van der Waals surface area contributed by atoms with Crippen molar-refractivity contribution in [3.8, 4) is 0 Å². The van der Waals surface area contributed by atoms with E-state index in [2.05, 4.69) is 9.88 Å². The number of nitrogen functional groups attached to an aromatic ring is 1. The van der Waals surface area contributed by atoms with Crippen molar-refractivity contribution in [1.29, 1.82) is 0 Å². The second-order valence-electron chi connectivity index (χ2n) is 4.21. The Morgan fingerprint density at radius 1 is 1.37 bits per heavy atom.